The van der Waals surface area contributed by atoms with E-state index in [1.54, 1.807) is 11.6 Å². The summed E-state index contributed by atoms with van der Waals surface area (Å²) in [7, 11) is -1.68. The van der Waals surface area contributed by atoms with Crippen molar-refractivity contribution in [1.82, 2.24) is 13.9 Å². The number of imidazole rings is 1. The van der Waals surface area contributed by atoms with Crippen LogP contribution in [-0.4, -0.2) is 41.9 Å². The monoisotopic (exact) mass is 258 g/mol. The van der Waals surface area contributed by atoms with Crippen LogP contribution in [0.3, 0.4) is 0 Å². The maximum atomic E-state index is 12.3. The lowest BCUT2D eigenvalue weighted by Crippen LogP contribution is -2.42. The molecule has 0 aliphatic carbocycles. The third kappa shape index (κ3) is 2.51. The van der Waals surface area contributed by atoms with E-state index in [-0.39, 0.29) is 10.9 Å². The lowest BCUT2D eigenvalue weighted by molar-refractivity contribution is 0.271. The second-order valence-electron chi connectivity index (χ2n) is 4.48. The fraction of sp³-hybridized carbons (Fsp3) is 0.700. The van der Waals surface area contributed by atoms with Crippen LogP contribution in [0.5, 0.6) is 0 Å². The van der Waals surface area contributed by atoms with E-state index >= 15 is 0 Å². The molecule has 1 aliphatic rings. The predicted molar refractivity (Wildman–Crippen MR) is 63.7 cm³/mol. The molecule has 96 valence electrons. The van der Waals surface area contributed by atoms with Crippen molar-refractivity contribution in [3.8, 4) is 0 Å². The van der Waals surface area contributed by atoms with Gasteiger partial charge in [0.2, 0.25) is 0 Å². The van der Waals surface area contributed by atoms with Gasteiger partial charge in [-0.25, -0.2) is 13.4 Å². The van der Waals surface area contributed by atoms with Crippen LogP contribution in [0.4, 0.5) is 0 Å². The zero-order chi connectivity index (χ0) is 12.5. The number of rotatable bonds is 3. The van der Waals surface area contributed by atoms with E-state index in [2.05, 4.69) is 4.98 Å². The highest BCUT2D eigenvalue weighted by atomic mass is 32.2. The van der Waals surface area contributed by atoms with Gasteiger partial charge in [0.25, 0.3) is 10.0 Å². The van der Waals surface area contributed by atoms with Gasteiger partial charge in [-0.2, -0.15) is 4.31 Å². The topological polar surface area (TPSA) is 81.2 Å². The van der Waals surface area contributed by atoms with Crippen LogP contribution < -0.4 is 5.73 Å². The highest BCUT2D eigenvalue weighted by Crippen LogP contribution is 2.21. The molecular formula is C10H18N4O2S. The van der Waals surface area contributed by atoms with E-state index < -0.39 is 10.0 Å². The molecule has 0 amide bonds. The molecule has 1 saturated heterocycles. The fourth-order valence-corrected chi connectivity index (χ4v) is 3.61. The number of aryl methyl sites for hydroxylation is 1. The Kier molecular flexibility index (Phi) is 3.50. The highest BCUT2D eigenvalue weighted by molar-refractivity contribution is 7.89. The van der Waals surface area contributed by atoms with Crippen molar-refractivity contribution in [1.29, 1.82) is 0 Å². The summed E-state index contributed by atoms with van der Waals surface area (Å²) in [5.74, 6) is 0.266. The Bertz CT molecular complexity index is 482. The second-order valence-corrected chi connectivity index (χ2v) is 6.37. The van der Waals surface area contributed by atoms with Gasteiger partial charge in [0, 0.05) is 26.3 Å². The number of hydrogen-bond acceptors (Lipinski definition) is 4. The lowest BCUT2D eigenvalue weighted by Gasteiger charge is -2.30. The van der Waals surface area contributed by atoms with E-state index in [0.717, 1.165) is 12.8 Å². The van der Waals surface area contributed by atoms with Gasteiger partial charge in [-0.05, 0) is 25.3 Å². The molecule has 0 bridgehead atoms. The first kappa shape index (κ1) is 12.5. The van der Waals surface area contributed by atoms with E-state index in [4.69, 9.17) is 5.73 Å². The van der Waals surface area contributed by atoms with Crippen molar-refractivity contribution >= 4 is 10.0 Å². The van der Waals surface area contributed by atoms with Crippen LogP contribution in [-0.2, 0) is 17.1 Å². The van der Waals surface area contributed by atoms with E-state index in [1.165, 1.54) is 16.8 Å². The average Bonchev–Trinajstić information content (AvgIpc) is 2.76. The Balaban J connectivity index is 2.21. The second kappa shape index (κ2) is 4.75. The summed E-state index contributed by atoms with van der Waals surface area (Å²) < 4.78 is 27.7. The third-order valence-electron chi connectivity index (χ3n) is 3.10. The molecule has 0 spiro atoms. The van der Waals surface area contributed by atoms with Crippen LogP contribution in [0, 0.1) is 5.92 Å². The molecule has 1 aromatic rings. The molecular weight excluding hydrogens is 240 g/mol. The van der Waals surface area contributed by atoms with Crippen molar-refractivity contribution in [3.05, 3.63) is 12.5 Å². The van der Waals surface area contributed by atoms with Crippen LogP contribution in [0.2, 0.25) is 0 Å². The molecule has 1 atom stereocenters. The molecule has 0 saturated carbocycles. The Morgan fingerprint density at radius 2 is 2.35 bits per heavy atom. The molecule has 0 radical (unpaired) electrons. The maximum absolute atomic E-state index is 12.3. The molecule has 2 N–H and O–H groups in total. The lowest BCUT2D eigenvalue weighted by atomic mass is 10.0. The average molecular weight is 258 g/mol. The molecule has 17 heavy (non-hydrogen) atoms. The van der Waals surface area contributed by atoms with E-state index in [9.17, 15) is 8.42 Å². The molecule has 1 aromatic heterocycles. The van der Waals surface area contributed by atoms with Gasteiger partial charge in [-0.15, -0.1) is 0 Å². The standard InChI is InChI=1S/C10H18N4O2S/c1-13-7-10(12-8-13)17(15,16)14-4-2-3-9(5-11)6-14/h7-9H,2-6,11H2,1H3. The number of sulfonamides is 1. The summed E-state index contributed by atoms with van der Waals surface area (Å²) in [6, 6.07) is 0. The van der Waals surface area contributed by atoms with Gasteiger partial charge in [0.05, 0.1) is 6.33 Å². The number of nitrogens with two attached hydrogens (primary N) is 1. The maximum Gasteiger partial charge on any atom is 0.262 e. The van der Waals surface area contributed by atoms with Crippen molar-refractivity contribution < 1.29 is 8.42 Å². The number of piperidine rings is 1. The largest absolute Gasteiger partial charge is 0.339 e. The molecule has 0 aromatic carbocycles. The number of nitrogens with zero attached hydrogens (tertiary/aromatic N) is 3. The molecule has 1 fully saturated rings. The van der Waals surface area contributed by atoms with Crippen LogP contribution >= 0.6 is 0 Å². The normalized spacial score (nSPS) is 22.8. The highest BCUT2D eigenvalue weighted by Gasteiger charge is 2.31. The van der Waals surface area contributed by atoms with Gasteiger partial charge in [-0.3, -0.25) is 0 Å². The van der Waals surface area contributed by atoms with Crippen LogP contribution in [0.25, 0.3) is 0 Å². The van der Waals surface area contributed by atoms with Crippen molar-refractivity contribution in [2.75, 3.05) is 19.6 Å². The molecule has 7 heteroatoms. The zero-order valence-electron chi connectivity index (χ0n) is 9.91. The van der Waals surface area contributed by atoms with E-state index in [0.29, 0.717) is 19.6 Å². The van der Waals surface area contributed by atoms with Gasteiger partial charge in [0.1, 0.15) is 0 Å². The minimum atomic E-state index is -3.44. The van der Waals surface area contributed by atoms with Crippen molar-refractivity contribution in [2.45, 2.75) is 17.9 Å². The Hall–Kier alpha value is -0.920. The van der Waals surface area contributed by atoms with Gasteiger partial charge < -0.3 is 10.3 Å². The SMILES string of the molecule is Cn1cnc(S(=O)(=O)N2CCCC(CN)C2)c1. The Morgan fingerprint density at radius 1 is 1.59 bits per heavy atom. The zero-order valence-corrected chi connectivity index (χ0v) is 10.7. The number of aromatic nitrogens is 2. The van der Waals surface area contributed by atoms with Crippen LogP contribution in [0.15, 0.2) is 17.6 Å². The van der Waals surface area contributed by atoms with E-state index in [1.807, 2.05) is 0 Å². The minimum absolute atomic E-state index is 0.123. The summed E-state index contributed by atoms with van der Waals surface area (Å²) in [5, 5.41) is 0.123. The molecule has 6 nitrogen and oxygen atoms in total. The van der Waals surface area contributed by atoms with Gasteiger partial charge >= 0.3 is 0 Å². The fourth-order valence-electron chi connectivity index (χ4n) is 2.09. The van der Waals surface area contributed by atoms with Gasteiger partial charge in [-0.1, -0.05) is 0 Å². The summed E-state index contributed by atoms with van der Waals surface area (Å²) in [6.45, 7) is 1.61. The van der Waals surface area contributed by atoms with Crippen LogP contribution in [0.1, 0.15) is 12.8 Å². The number of hydrogen-bond donors (Lipinski definition) is 1. The van der Waals surface area contributed by atoms with Gasteiger partial charge in [0.15, 0.2) is 5.03 Å². The summed E-state index contributed by atoms with van der Waals surface area (Å²) in [4.78, 5) is 3.92. The summed E-state index contributed by atoms with van der Waals surface area (Å²) in [6.07, 6.45) is 4.90. The van der Waals surface area contributed by atoms with Crippen molar-refractivity contribution in [2.24, 2.45) is 18.7 Å². The first-order valence-electron chi connectivity index (χ1n) is 5.72. The Labute approximate surface area is 101 Å². The predicted octanol–water partition coefficient (Wildman–Crippen LogP) is -0.220. The quantitative estimate of drug-likeness (QED) is 0.812. The third-order valence-corrected chi connectivity index (χ3v) is 4.85. The first-order valence-corrected chi connectivity index (χ1v) is 7.16. The smallest absolute Gasteiger partial charge is 0.262 e. The van der Waals surface area contributed by atoms with Crippen molar-refractivity contribution in [3.63, 3.8) is 0 Å². The Morgan fingerprint density at radius 3 is 2.94 bits per heavy atom. The molecule has 1 aliphatic heterocycles. The molecule has 2 heterocycles. The minimum Gasteiger partial charge on any atom is -0.339 e. The summed E-state index contributed by atoms with van der Waals surface area (Å²) in [5.41, 5.74) is 5.61. The first-order chi connectivity index (χ1) is 8.04. The molecule has 2 rings (SSSR count). The molecule has 1 unspecified atom stereocenters. The summed E-state index contributed by atoms with van der Waals surface area (Å²) >= 11 is 0.